The number of nitrogens with one attached hydrogen (secondary N) is 1. The van der Waals surface area contributed by atoms with E-state index in [0.717, 1.165) is 68.1 Å². The Morgan fingerprint density at radius 2 is 1.90 bits per heavy atom. The number of rotatable bonds is 6. The van der Waals surface area contributed by atoms with E-state index in [0.29, 0.717) is 0 Å². The summed E-state index contributed by atoms with van der Waals surface area (Å²) in [5, 5.41) is 4.60. The summed E-state index contributed by atoms with van der Waals surface area (Å²) in [6.07, 6.45) is 0. The van der Waals surface area contributed by atoms with E-state index in [1.807, 2.05) is 29.6 Å². The summed E-state index contributed by atoms with van der Waals surface area (Å²) in [7, 11) is 1.66. The quantitative estimate of drug-likeness (QED) is 0.363. The predicted octanol–water partition coefficient (Wildman–Crippen LogP) is 6.34. The van der Waals surface area contributed by atoms with Crippen LogP contribution in [0.1, 0.15) is 19.4 Å². The van der Waals surface area contributed by atoms with Gasteiger partial charge in [0.1, 0.15) is 10.4 Å². The Morgan fingerprint density at radius 3 is 2.57 bits per heavy atom. The molecule has 2 aromatic heterocycles. The van der Waals surface area contributed by atoms with Crippen LogP contribution in [0, 0.1) is 0 Å². The molecule has 2 aromatic carbocycles. The zero-order valence-electron chi connectivity index (χ0n) is 17.1. The summed E-state index contributed by atoms with van der Waals surface area (Å²) in [4.78, 5) is 17.8. The van der Waals surface area contributed by atoms with Gasteiger partial charge in [0.15, 0.2) is 0 Å². The number of halogens is 2. The average Bonchev–Trinajstić information content (AvgIpc) is 3.23. The van der Waals surface area contributed by atoms with Crippen molar-refractivity contribution in [2.24, 2.45) is 0 Å². The number of aromatic amines is 1. The maximum Gasteiger partial charge on any atom is 0.266 e. The van der Waals surface area contributed by atoms with Crippen molar-refractivity contribution in [3.8, 4) is 16.9 Å². The minimum atomic E-state index is -0.0637. The minimum absolute atomic E-state index is 0. The van der Waals surface area contributed by atoms with Gasteiger partial charge < -0.3 is 9.72 Å². The van der Waals surface area contributed by atoms with E-state index >= 15 is 0 Å². The number of pyridine rings is 1. The lowest BCUT2D eigenvalue weighted by molar-refractivity contribution is 0.296. The zero-order valence-corrected chi connectivity index (χ0v) is 19.5. The number of hydrogen-bond acceptors (Lipinski definition) is 4. The van der Waals surface area contributed by atoms with Gasteiger partial charge in [-0.15, -0.1) is 23.7 Å². The number of thiophene rings is 1. The molecule has 0 unspecified atom stereocenters. The average molecular weight is 463 g/mol. The Kier molecular flexibility index (Phi) is 7.09. The van der Waals surface area contributed by atoms with Gasteiger partial charge in [-0.25, -0.2) is 0 Å². The number of H-pyrrole nitrogens is 1. The van der Waals surface area contributed by atoms with Gasteiger partial charge in [-0.3, -0.25) is 9.69 Å². The standard InChI is InChI=1S/C23H23ClN2O2S.ClH/c1-4-26(5-2)13-15-7-6-14(12-17(15)24)20-19(28-3)9-8-18-21(20)16-10-11-29-22(16)23(27)25-18;/h6-12H,4-5,13H2,1-3H3,(H,25,27);1H. The number of aromatic nitrogens is 1. The van der Waals surface area contributed by atoms with Gasteiger partial charge in [0.2, 0.25) is 0 Å². The molecule has 0 fully saturated rings. The van der Waals surface area contributed by atoms with Gasteiger partial charge in [-0.2, -0.15) is 0 Å². The highest BCUT2D eigenvalue weighted by molar-refractivity contribution is 7.17. The molecule has 0 atom stereocenters. The number of benzene rings is 2. The molecule has 0 saturated carbocycles. The highest BCUT2D eigenvalue weighted by Gasteiger charge is 2.17. The molecule has 0 aliphatic heterocycles. The lowest BCUT2D eigenvalue weighted by Gasteiger charge is -2.19. The zero-order chi connectivity index (χ0) is 20.5. The van der Waals surface area contributed by atoms with Crippen molar-refractivity contribution >= 4 is 56.3 Å². The van der Waals surface area contributed by atoms with Gasteiger partial charge >= 0.3 is 0 Å². The number of ether oxygens (including phenoxy) is 1. The van der Waals surface area contributed by atoms with Crippen LogP contribution in [0.5, 0.6) is 5.75 Å². The molecule has 4 nitrogen and oxygen atoms in total. The van der Waals surface area contributed by atoms with Gasteiger partial charge in [-0.05, 0) is 53.9 Å². The maximum absolute atomic E-state index is 12.4. The molecule has 0 saturated heterocycles. The van der Waals surface area contributed by atoms with E-state index in [4.69, 9.17) is 16.3 Å². The van der Waals surface area contributed by atoms with Crippen LogP contribution in [0.25, 0.3) is 32.1 Å². The van der Waals surface area contributed by atoms with Crippen molar-refractivity contribution in [1.29, 1.82) is 0 Å². The van der Waals surface area contributed by atoms with Crippen molar-refractivity contribution in [3.05, 3.63) is 62.7 Å². The lowest BCUT2D eigenvalue weighted by atomic mass is 9.96. The van der Waals surface area contributed by atoms with Gasteiger partial charge in [0.25, 0.3) is 5.56 Å². The first-order valence-corrected chi connectivity index (χ1v) is 10.9. The molecular weight excluding hydrogens is 439 g/mol. The highest BCUT2D eigenvalue weighted by Crippen LogP contribution is 2.41. The molecule has 0 aliphatic rings. The SMILES string of the molecule is CCN(CC)Cc1ccc(-c2c(OC)ccc3[nH]c(=O)c4sccc4c23)cc1Cl.Cl. The van der Waals surface area contributed by atoms with Crippen molar-refractivity contribution in [3.63, 3.8) is 0 Å². The van der Waals surface area contributed by atoms with Crippen molar-refractivity contribution < 1.29 is 4.74 Å². The Hall–Kier alpha value is -2.05. The first kappa shape index (κ1) is 22.6. The largest absolute Gasteiger partial charge is 0.496 e. The van der Waals surface area contributed by atoms with Crippen LogP contribution in [0.15, 0.2) is 46.6 Å². The normalized spacial score (nSPS) is 11.2. The first-order valence-electron chi connectivity index (χ1n) is 9.68. The Bertz CT molecular complexity index is 1250. The number of fused-ring (bicyclic) bond motifs is 3. The van der Waals surface area contributed by atoms with Crippen LogP contribution >= 0.6 is 35.3 Å². The summed E-state index contributed by atoms with van der Waals surface area (Å²) in [5.74, 6) is 0.754. The third-order valence-electron chi connectivity index (χ3n) is 5.41. The topological polar surface area (TPSA) is 45.3 Å². The second kappa shape index (κ2) is 9.40. The summed E-state index contributed by atoms with van der Waals surface area (Å²) < 4.78 is 6.41. The maximum atomic E-state index is 12.4. The van der Waals surface area contributed by atoms with E-state index < -0.39 is 0 Å². The highest BCUT2D eigenvalue weighted by atomic mass is 35.5. The Labute approximate surface area is 190 Å². The van der Waals surface area contributed by atoms with E-state index in [-0.39, 0.29) is 18.0 Å². The van der Waals surface area contributed by atoms with Crippen LogP contribution in [0.2, 0.25) is 5.02 Å². The van der Waals surface area contributed by atoms with Crippen LogP contribution < -0.4 is 10.3 Å². The Morgan fingerprint density at radius 1 is 1.13 bits per heavy atom. The molecule has 4 rings (SSSR count). The molecule has 30 heavy (non-hydrogen) atoms. The van der Waals surface area contributed by atoms with Crippen LogP contribution in [0.3, 0.4) is 0 Å². The number of nitrogens with zero attached hydrogens (tertiary/aromatic N) is 1. The van der Waals surface area contributed by atoms with E-state index in [1.54, 1.807) is 7.11 Å². The molecule has 158 valence electrons. The molecule has 0 aliphatic carbocycles. The molecule has 0 radical (unpaired) electrons. The predicted molar refractivity (Wildman–Crippen MR) is 131 cm³/mol. The molecule has 0 amide bonds. The lowest BCUT2D eigenvalue weighted by Crippen LogP contribution is -2.22. The fourth-order valence-corrected chi connectivity index (χ4v) is 4.84. The van der Waals surface area contributed by atoms with Gasteiger partial charge in [0.05, 0.1) is 7.11 Å². The smallest absolute Gasteiger partial charge is 0.266 e. The number of methoxy groups -OCH3 is 1. The monoisotopic (exact) mass is 462 g/mol. The first-order chi connectivity index (χ1) is 14.1. The fourth-order valence-electron chi connectivity index (χ4n) is 3.80. The molecule has 0 spiro atoms. The van der Waals surface area contributed by atoms with Gasteiger partial charge in [-0.1, -0.05) is 37.6 Å². The van der Waals surface area contributed by atoms with E-state index in [2.05, 4.69) is 35.9 Å². The van der Waals surface area contributed by atoms with E-state index in [9.17, 15) is 4.79 Å². The molecule has 1 N–H and O–H groups in total. The summed E-state index contributed by atoms with van der Waals surface area (Å²) in [6.45, 7) is 7.09. The molecular formula is C23H24Cl2N2O2S. The molecule has 0 bridgehead atoms. The second-order valence-corrected chi connectivity index (χ2v) is 8.27. The minimum Gasteiger partial charge on any atom is -0.496 e. The fraction of sp³-hybridized carbons (Fsp3) is 0.261. The van der Waals surface area contributed by atoms with Gasteiger partial charge in [0, 0.05) is 33.4 Å². The third-order valence-corrected chi connectivity index (χ3v) is 6.67. The van der Waals surface area contributed by atoms with Crippen molar-refractivity contribution in [2.45, 2.75) is 20.4 Å². The number of hydrogen-bond donors (Lipinski definition) is 1. The second-order valence-electron chi connectivity index (χ2n) is 6.95. The van der Waals surface area contributed by atoms with Crippen molar-refractivity contribution in [1.82, 2.24) is 9.88 Å². The summed E-state index contributed by atoms with van der Waals surface area (Å²) in [5.41, 5.74) is 3.75. The van der Waals surface area contributed by atoms with E-state index in [1.165, 1.54) is 11.3 Å². The molecule has 2 heterocycles. The van der Waals surface area contributed by atoms with Crippen LogP contribution in [-0.2, 0) is 6.54 Å². The summed E-state index contributed by atoms with van der Waals surface area (Å²) in [6, 6.07) is 12.0. The Balaban J connectivity index is 0.00000256. The summed E-state index contributed by atoms with van der Waals surface area (Å²) >= 11 is 8.13. The van der Waals surface area contributed by atoms with Crippen molar-refractivity contribution in [2.75, 3.05) is 20.2 Å². The molecule has 7 heteroatoms. The third kappa shape index (κ3) is 3.95. The molecule has 4 aromatic rings. The van der Waals surface area contributed by atoms with Crippen LogP contribution in [-0.4, -0.2) is 30.1 Å². The van der Waals surface area contributed by atoms with Crippen LogP contribution in [0.4, 0.5) is 0 Å².